The molecule has 0 aliphatic heterocycles. The number of unbranched alkanes of at least 4 members (excludes halogenated alkanes) is 2. The van der Waals surface area contributed by atoms with Gasteiger partial charge in [0, 0.05) is 5.37 Å². The summed E-state index contributed by atoms with van der Waals surface area (Å²) in [5, 5.41) is 3.64. The molecule has 1 N–H and O–H groups in total. The Hall–Kier alpha value is 0.310. The van der Waals surface area contributed by atoms with E-state index in [9.17, 15) is 0 Å². The molecule has 0 bridgehead atoms. The number of thiol groups is 1. The predicted octanol–water partition coefficient (Wildman–Crippen LogP) is 3.07. The Bertz CT molecular complexity index is 79.8. The van der Waals surface area contributed by atoms with Gasteiger partial charge in [0.15, 0.2) is 0 Å². The fraction of sp³-hybridized carbons (Fsp3) is 1.00. The molecule has 0 saturated heterocycles. The Kier molecular flexibility index (Phi) is 8.14. The van der Waals surface area contributed by atoms with Gasteiger partial charge in [-0.3, -0.25) is 0 Å². The Morgan fingerprint density at radius 2 is 1.75 bits per heavy atom. The van der Waals surface area contributed by atoms with Crippen molar-refractivity contribution in [2.24, 2.45) is 5.92 Å². The van der Waals surface area contributed by atoms with Crippen molar-refractivity contribution in [1.82, 2.24) is 5.32 Å². The van der Waals surface area contributed by atoms with Crippen molar-refractivity contribution in [2.45, 2.75) is 51.8 Å². The molecule has 0 saturated carbocycles. The molecule has 0 aromatic heterocycles. The third-order valence-electron chi connectivity index (χ3n) is 1.90. The molecule has 1 unspecified atom stereocenters. The lowest BCUT2D eigenvalue weighted by molar-refractivity contribution is 0.516. The summed E-state index contributed by atoms with van der Waals surface area (Å²) >= 11 is 4.24. The first-order chi connectivity index (χ1) is 5.63. The van der Waals surface area contributed by atoms with Crippen LogP contribution >= 0.6 is 12.6 Å². The largest absolute Gasteiger partial charge is 0.306 e. The van der Waals surface area contributed by atoms with Crippen LogP contribution in [0.4, 0.5) is 0 Å². The van der Waals surface area contributed by atoms with E-state index in [1.54, 1.807) is 0 Å². The number of rotatable bonds is 7. The van der Waals surface area contributed by atoms with Crippen LogP contribution in [0.3, 0.4) is 0 Å². The maximum atomic E-state index is 4.24. The molecule has 12 heavy (non-hydrogen) atoms. The first-order valence-electron chi connectivity index (χ1n) is 5.04. The van der Waals surface area contributed by atoms with Crippen LogP contribution < -0.4 is 5.32 Å². The van der Waals surface area contributed by atoms with Gasteiger partial charge in [-0.1, -0.05) is 33.1 Å². The topological polar surface area (TPSA) is 12.0 Å². The molecule has 0 aliphatic carbocycles. The molecule has 0 radical (unpaired) electrons. The van der Waals surface area contributed by atoms with E-state index in [2.05, 4.69) is 38.7 Å². The molecule has 0 heterocycles. The second-order valence-corrected chi connectivity index (χ2v) is 4.65. The van der Waals surface area contributed by atoms with E-state index in [4.69, 9.17) is 0 Å². The molecule has 2 heteroatoms. The highest BCUT2D eigenvalue weighted by molar-refractivity contribution is 7.80. The van der Waals surface area contributed by atoms with Crippen molar-refractivity contribution < 1.29 is 0 Å². The molecule has 0 spiro atoms. The molecular formula is C10H23NS. The summed E-state index contributed by atoms with van der Waals surface area (Å²) in [7, 11) is 0. The van der Waals surface area contributed by atoms with E-state index in [0.717, 1.165) is 12.5 Å². The van der Waals surface area contributed by atoms with Crippen LogP contribution in [-0.4, -0.2) is 11.9 Å². The van der Waals surface area contributed by atoms with Crippen LogP contribution in [0, 0.1) is 5.92 Å². The third-order valence-corrected chi connectivity index (χ3v) is 2.08. The minimum absolute atomic E-state index is 0.343. The summed E-state index contributed by atoms with van der Waals surface area (Å²) in [5.41, 5.74) is 0. The highest BCUT2D eigenvalue weighted by Crippen LogP contribution is 2.07. The maximum Gasteiger partial charge on any atom is 0.0473 e. The lowest BCUT2D eigenvalue weighted by Crippen LogP contribution is -2.21. The van der Waals surface area contributed by atoms with Gasteiger partial charge >= 0.3 is 0 Å². The first kappa shape index (κ1) is 12.3. The Morgan fingerprint density at radius 1 is 1.08 bits per heavy atom. The second-order valence-electron chi connectivity index (χ2n) is 3.87. The minimum Gasteiger partial charge on any atom is -0.306 e. The van der Waals surface area contributed by atoms with Crippen LogP contribution in [0.15, 0.2) is 0 Å². The van der Waals surface area contributed by atoms with Gasteiger partial charge in [0.1, 0.15) is 0 Å². The zero-order valence-corrected chi connectivity index (χ0v) is 9.53. The Balaban J connectivity index is 2.91. The Labute approximate surface area is 82.7 Å². The summed E-state index contributed by atoms with van der Waals surface area (Å²) < 4.78 is 0. The van der Waals surface area contributed by atoms with Crippen molar-refractivity contribution in [3.05, 3.63) is 0 Å². The van der Waals surface area contributed by atoms with Crippen molar-refractivity contribution in [2.75, 3.05) is 6.54 Å². The van der Waals surface area contributed by atoms with Crippen LogP contribution in [0.25, 0.3) is 0 Å². The highest BCUT2D eigenvalue weighted by Gasteiger charge is 1.95. The average Bonchev–Trinajstić information content (AvgIpc) is 1.95. The Morgan fingerprint density at radius 3 is 2.25 bits per heavy atom. The van der Waals surface area contributed by atoms with Gasteiger partial charge in [0.05, 0.1) is 0 Å². The molecule has 1 atom stereocenters. The zero-order valence-electron chi connectivity index (χ0n) is 8.64. The molecule has 0 fully saturated rings. The molecule has 0 aromatic rings. The SMILES string of the molecule is CC(C)CCCCCNC(C)S. The van der Waals surface area contributed by atoms with Gasteiger partial charge in [-0.25, -0.2) is 0 Å². The lowest BCUT2D eigenvalue weighted by Gasteiger charge is -2.07. The van der Waals surface area contributed by atoms with Gasteiger partial charge in [-0.2, -0.15) is 12.6 Å². The zero-order chi connectivity index (χ0) is 9.40. The predicted molar refractivity (Wildman–Crippen MR) is 59.8 cm³/mol. The molecule has 0 amide bonds. The second kappa shape index (κ2) is 7.93. The van der Waals surface area contributed by atoms with E-state index in [1.807, 2.05) is 0 Å². The van der Waals surface area contributed by atoms with Gasteiger partial charge in [0.2, 0.25) is 0 Å². The van der Waals surface area contributed by atoms with E-state index >= 15 is 0 Å². The molecule has 0 aromatic carbocycles. The number of hydrogen-bond acceptors (Lipinski definition) is 2. The van der Waals surface area contributed by atoms with E-state index in [0.29, 0.717) is 5.37 Å². The lowest BCUT2D eigenvalue weighted by atomic mass is 10.1. The van der Waals surface area contributed by atoms with E-state index in [1.165, 1.54) is 25.7 Å². The van der Waals surface area contributed by atoms with Crippen molar-refractivity contribution in [1.29, 1.82) is 0 Å². The van der Waals surface area contributed by atoms with Crippen molar-refractivity contribution in [3.8, 4) is 0 Å². The van der Waals surface area contributed by atoms with Gasteiger partial charge in [0.25, 0.3) is 0 Å². The number of nitrogens with one attached hydrogen (secondary N) is 1. The van der Waals surface area contributed by atoms with Gasteiger partial charge in [-0.15, -0.1) is 0 Å². The summed E-state index contributed by atoms with van der Waals surface area (Å²) in [6, 6.07) is 0. The smallest absolute Gasteiger partial charge is 0.0473 e. The normalized spacial score (nSPS) is 13.8. The summed E-state index contributed by atoms with van der Waals surface area (Å²) in [4.78, 5) is 0. The van der Waals surface area contributed by atoms with Gasteiger partial charge in [-0.05, 0) is 25.8 Å². The van der Waals surface area contributed by atoms with Crippen molar-refractivity contribution >= 4 is 12.6 Å². The summed E-state index contributed by atoms with van der Waals surface area (Å²) in [6.07, 6.45) is 5.39. The highest BCUT2D eigenvalue weighted by atomic mass is 32.1. The fourth-order valence-electron chi connectivity index (χ4n) is 1.17. The van der Waals surface area contributed by atoms with Gasteiger partial charge < -0.3 is 5.32 Å². The van der Waals surface area contributed by atoms with Crippen LogP contribution in [0.5, 0.6) is 0 Å². The maximum absolute atomic E-state index is 4.24. The quantitative estimate of drug-likeness (QED) is 0.356. The molecule has 1 nitrogen and oxygen atoms in total. The van der Waals surface area contributed by atoms with Crippen LogP contribution in [0.2, 0.25) is 0 Å². The van der Waals surface area contributed by atoms with Crippen LogP contribution in [-0.2, 0) is 0 Å². The fourth-order valence-corrected chi connectivity index (χ4v) is 1.29. The summed E-state index contributed by atoms with van der Waals surface area (Å²) in [6.45, 7) is 7.75. The molecule has 74 valence electrons. The third kappa shape index (κ3) is 10.3. The monoisotopic (exact) mass is 189 g/mol. The minimum atomic E-state index is 0.343. The van der Waals surface area contributed by atoms with E-state index < -0.39 is 0 Å². The first-order valence-corrected chi connectivity index (χ1v) is 5.56. The van der Waals surface area contributed by atoms with E-state index in [-0.39, 0.29) is 0 Å². The molecular weight excluding hydrogens is 166 g/mol. The standard InChI is InChI=1S/C10H23NS/c1-9(2)7-5-4-6-8-11-10(3)12/h9-12H,4-8H2,1-3H3. The van der Waals surface area contributed by atoms with Crippen LogP contribution in [0.1, 0.15) is 46.5 Å². The molecule has 0 aliphatic rings. The molecule has 0 rings (SSSR count). The number of hydrogen-bond donors (Lipinski definition) is 2. The average molecular weight is 189 g/mol. The summed E-state index contributed by atoms with van der Waals surface area (Å²) in [5.74, 6) is 0.863. The van der Waals surface area contributed by atoms with Crippen molar-refractivity contribution in [3.63, 3.8) is 0 Å².